The largest absolute Gasteiger partial charge is 0.384 e. The van der Waals surface area contributed by atoms with Crippen molar-refractivity contribution in [3.05, 3.63) is 23.5 Å². The maximum absolute atomic E-state index is 4.43. The highest BCUT2D eigenvalue weighted by Gasteiger charge is 1.98. The van der Waals surface area contributed by atoms with E-state index in [9.17, 15) is 0 Å². The number of hydrogen-bond acceptors (Lipinski definition) is 2. The van der Waals surface area contributed by atoms with E-state index in [1.54, 1.807) is 0 Å². The van der Waals surface area contributed by atoms with E-state index in [1.807, 2.05) is 6.92 Å². The smallest absolute Gasteiger partial charge is 0.0606 e. The highest BCUT2D eigenvalue weighted by Crippen LogP contribution is 2.12. The SMILES string of the molecule is CCCCCCNc1ccc(C)nc1C. The number of hydrogen-bond donors (Lipinski definition) is 1. The molecule has 2 nitrogen and oxygen atoms in total. The van der Waals surface area contributed by atoms with E-state index in [4.69, 9.17) is 0 Å². The molecule has 0 amide bonds. The molecule has 1 N–H and O–H groups in total. The molecule has 0 spiro atoms. The van der Waals surface area contributed by atoms with Crippen molar-refractivity contribution in [1.82, 2.24) is 4.98 Å². The Morgan fingerprint density at radius 2 is 1.93 bits per heavy atom. The summed E-state index contributed by atoms with van der Waals surface area (Å²) < 4.78 is 0. The fourth-order valence-corrected chi connectivity index (χ4v) is 1.65. The van der Waals surface area contributed by atoms with Crippen molar-refractivity contribution in [1.29, 1.82) is 0 Å². The maximum atomic E-state index is 4.43. The van der Waals surface area contributed by atoms with Crippen LogP contribution in [-0.2, 0) is 0 Å². The van der Waals surface area contributed by atoms with E-state index >= 15 is 0 Å². The lowest BCUT2D eigenvalue weighted by Crippen LogP contribution is -2.04. The maximum Gasteiger partial charge on any atom is 0.0606 e. The molecule has 15 heavy (non-hydrogen) atoms. The molecule has 1 aromatic rings. The van der Waals surface area contributed by atoms with Gasteiger partial charge in [0.25, 0.3) is 0 Å². The summed E-state index contributed by atoms with van der Waals surface area (Å²) in [5.74, 6) is 0. The van der Waals surface area contributed by atoms with Crippen LogP contribution in [0.2, 0.25) is 0 Å². The van der Waals surface area contributed by atoms with Crippen LogP contribution in [0.1, 0.15) is 44.0 Å². The van der Waals surface area contributed by atoms with Crippen LogP contribution in [0.4, 0.5) is 5.69 Å². The summed E-state index contributed by atoms with van der Waals surface area (Å²) in [4.78, 5) is 4.43. The fraction of sp³-hybridized carbons (Fsp3) is 0.615. The van der Waals surface area contributed by atoms with Gasteiger partial charge in [0.1, 0.15) is 0 Å². The minimum absolute atomic E-state index is 1.06. The van der Waals surface area contributed by atoms with Crippen LogP contribution in [0.15, 0.2) is 12.1 Å². The average Bonchev–Trinajstić information content (AvgIpc) is 2.20. The van der Waals surface area contributed by atoms with Crippen molar-refractivity contribution < 1.29 is 0 Å². The van der Waals surface area contributed by atoms with E-state index < -0.39 is 0 Å². The molecular formula is C13H22N2. The van der Waals surface area contributed by atoms with Crippen molar-refractivity contribution in [3.63, 3.8) is 0 Å². The van der Waals surface area contributed by atoms with Crippen LogP contribution in [-0.4, -0.2) is 11.5 Å². The molecule has 1 aromatic heterocycles. The van der Waals surface area contributed by atoms with Gasteiger partial charge in [0.05, 0.1) is 11.4 Å². The Bertz CT molecular complexity index is 295. The third kappa shape index (κ3) is 4.32. The van der Waals surface area contributed by atoms with Gasteiger partial charge in [-0.25, -0.2) is 0 Å². The number of rotatable bonds is 6. The first-order chi connectivity index (χ1) is 7.24. The highest BCUT2D eigenvalue weighted by atomic mass is 14.9. The standard InChI is InChI=1S/C13H22N2/c1-4-5-6-7-10-14-13-9-8-11(2)15-12(13)3/h8-9,14H,4-7,10H2,1-3H3. The van der Waals surface area contributed by atoms with Gasteiger partial charge in [-0.2, -0.15) is 0 Å². The second-order valence-corrected chi connectivity index (χ2v) is 4.07. The second-order valence-electron chi connectivity index (χ2n) is 4.07. The van der Waals surface area contributed by atoms with Crippen molar-refractivity contribution >= 4 is 5.69 Å². The molecule has 0 unspecified atom stereocenters. The molecule has 1 rings (SSSR count). The second kappa shape index (κ2) is 6.44. The van der Waals surface area contributed by atoms with Gasteiger partial charge in [-0.3, -0.25) is 4.98 Å². The predicted molar refractivity (Wildman–Crippen MR) is 66.3 cm³/mol. The molecule has 0 fully saturated rings. The lowest BCUT2D eigenvalue weighted by molar-refractivity contribution is 0.685. The van der Waals surface area contributed by atoms with E-state index in [2.05, 4.69) is 36.3 Å². The molecule has 0 saturated carbocycles. The van der Waals surface area contributed by atoms with Crippen LogP contribution in [0.5, 0.6) is 0 Å². The number of aryl methyl sites for hydroxylation is 2. The van der Waals surface area contributed by atoms with E-state index in [-0.39, 0.29) is 0 Å². The lowest BCUT2D eigenvalue weighted by Gasteiger charge is -2.09. The Morgan fingerprint density at radius 1 is 1.13 bits per heavy atom. The normalized spacial score (nSPS) is 10.3. The quantitative estimate of drug-likeness (QED) is 0.718. The molecular weight excluding hydrogens is 184 g/mol. The Hall–Kier alpha value is -1.05. The van der Waals surface area contributed by atoms with Crippen molar-refractivity contribution in [3.8, 4) is 0 Å². The number of nitrogens with zero attached hydrogens (tertiary/aromatic N) is 1. The number of pyridine rings is 1. The van der Waals surface area contributed by atoms with Crippen LogP contribution in [0.25, 0.3) is 0 Å². The number of aromatic nitrogens is 1. The summed E-state index contributed by atoms with van der Waals surface area (Å²) in [6.45, 7) is 7.38. The molecule has 2 heteroatoms. The summed E-state index contributed by atoms with van der Waals surface area (Å²) in [6.07, 6.45) is 5.21. The van der Waals surface area contributed by atoms with Crippen molar-refractivity contribution in [2.24, 2.45) is 0 Å². The minimum Gasteiger partial charge on any atom is -0.384 e. The molecule has 84 valence electrons. The van der Waals surface area contributed by atoms with Gasteiger partial charge < -0.3 is 5.32 Å². The monoisotopic (exact) mass is 206 g/mol. The Labute approximate surface area is 93.1 Å². The van der Waals surface area contributed by atoms with Crippen LogP contribution in [0.3, 0.4) is 0 Å². The molecule has 0 aliphatic carbocycles. The van der Waals surface area contributed by atoms with Gasteiger partial charge in [0, 0.05) is 12.2 Å². The molecule has 0 radical (unpaired) electrons. The van der Waals surface area contributed by atoms with Gasteiger partial charge in [-0.1, -0.05) is 26.2 Å². The minimum atomic E-state index is 1.06. The first kappa shape index (κ1) is 12.0. The summed E-state index contributed by atoms with van der Waals surface area (Å²) in [5, 5.41) is 3.44. The van der Waals surface area contributed by atoms with Crippen molar-refractivity contribution in [2.75, 3.05) is 11.9 Å². The third-order valence-electron chi connectivity index (χ3n) is 2.57. The van der Waals surface area contributed by atoms with Crippen molar-refractivity contribution in [2.45, 2.75) is 46.5 Å². The fourth-order valence-electron chi connectivity index (χ4n) is 1.65. The number of unbranched alkanes of at least 4 members (excludes halogenated alkanes) is 3. The topological polar surface area (TPSA) is 24.9 Å². The molecule has 0 aromatic carbocycles. The highest BCUT2D eigenvalue weighted by molar-refractivity contribution is 5.47. The Morgan fingerprint density at radius 3 is 2.60 bits per heavy atom. The van der Waals surface area contributed by atoms with Gasteiger partial charge in [0.2, 0.25) is 0 Å². The summed E-state index contributed by atoms with van der Waals surface area (Å²) in [6, 6.07) is 4.18. The van der Waals surface area contributed by atoms with Gasteiger partial charge in [-0.15, -0.1) is 0 Å². The van der Waals surface area contributed by atoms with E-state index in [0.29, 0.717) is 0 Å². The summed E-state index contributed by atoms with van der Waals surface area (Å²) in [7, 11) is 0. The lowest BCUT2D eigenvalue weighted by atomic mass is 10.2. The van der Waals surface area contributed by atoms with E-state index in [0.717, 1.165) is 17.9 Å². The van der Waals surface area contributed by atoms with Gasteiger partial charge in [-0.05, 0) is 32.4 Å². The first-order valence-electron chi connectivity index (χ1n) is 5.92. The van der Waals surface area contributed by atoms with Gasteiger partial charge in [0.15, 0.2) is 0 Å². The Kier molecular flexibility index (Phi) is 5.16. The first-order valence-corrected chi connectivity index (χ1v) is 5.92. The van der Waals surface area contributed by atoms with E-state index in [1.165, 1.54) is 31.4 Å². The third-order valence-corrected chi connectivity index (χ3v) is 2.57. The number of anilines is 1. The molecule has 0 saturated heterocycles. The molecule has 0 bridgehead atoms. The zero-order valence-electron chi connectivity index (χ0n) is 10.1. The van der Waals surface area contributed by atoms with Crippen LogP contribution >= 0.6 is 0 Å². The molecule has 0 aliphatic heterocycles. The Balaban J connectivity index is 2.31. The zero-order valence-corrected chi connectivity index (χ0v) is 10.1. The average molecular weight is 206 g/mol. The predicted octanol–water partition coefficient (Wildman–Crippen LogP) is 3.69. The number of nitrogens with one attached hydrogen (secondary N) is 1. The van der Waals surface area contributed by atoms with Gasteiger partial charge >= 0.3 is 0 Å². The summed E-state index contributed by atoms with van der Waals surface area (Å²) in [5.41, 5.74) is 3.37. The molecule has 0 aliphatic rings. The summed E-state index contributed by atoms with van der Waals surface area (Å²) >= 11 is 0. The molecule has 0 atom stereocenters. The van der Waals surface area contributed by atoms with Crippen LogP contribution < -0.4 is 5.32 Å². The molecule has 1 heterocycles. The zero-order chi connectivity index (χ0) is 11.1. The van der Waals surface area contributed by atoms with Crippen LogP contribution in [0, 0.1) is 13.8 Å².